The number of nitrogens with one attached hydrogen (secondary N) is 1. The Balaban J connectivity index is 1.70. The minimum atomic E-state index is -4.25. The summed E-state index contributed by atoms with van der Waals surface area (Å²) >= 11 is 0. The average Bonchev–Trinajstić information content (AvgIpc) is 2.92. The molecule has 0 saturated heterocycles. The van der Waals surface area contributed by atoms with Gasteiger partial charge in [0.2, 0.25) is 0 Å². The van der Waals surface area contributed by atoms with Crippen LogP contribution in [0.3, 0.4) is 0 Å². The number of aryl methyl sites for hydroxylation is 1. The Morgan fingerprint density at radius 1 is 1.22 bits per heavy atom. The van der Waals surface area contributed by atoms with Crippen LogP contribution in [-0.4, -0.2) is 39.7 Å². The number of fused-ring (bicyclic) bond motifs is 1. The maximum atomic E-state index is 12.9. The van der Waals surface area contributed by atoms with Crippen LogP contribution in [0.1, 0.15) is 37.8 Å². The summed E-state index contributed by atoms with van der Waals surface area (Å²) in [5.41, 5.74) is 2.06. The first-order chi connectivity index (χ1) is 12.8. The number of aliphatic hydroxyl groups is 2. The number of alkyl halides is 3. The van der Waals surface area contributed by atoms with Crippen LogP contribution < -0.4 is 5.32 Å². The Labute approximate surface area is 157 Å². The van der Waals surface area contributed by atoms with Gasteiger partial charge in [-0.2, -0.15) is 13.2 Å². The highest BCUT2D eigenvalue weighted by molar-refractivity contribution is 5.93. The molecule has 0 spiro atoms. The summed E-state index contributed by atoms with van der Waals surface area (Å²) < 4.78 is 40.0. The van der Waals surface area contributed by atoms with Crippen molar-refractivity contribution < 1.29 is 23.4 Å². The van der Waals surface area contributed by atoms with Gasteiger partial charge in [-0.3, -0.25) is 0 Å². The van der Waals surface area contributed by atoms with Crippen LogP contribution in [0.5, 0.6) is 0 Å². The van der Waals surface area contributed by atoms with Gasteiger partial charge in [0.05, 0.1) is 18.2 Å². The number of rotatable bonds is 6. The summed E-state index contributed by atoms with van der Waals surface area (Å²) in [5, 5.41) is 22.9. The van der Waals surface area contributed by atoms with E-state index in [1.165, 1.54) is 4.57 Å². The molecule has 1 aliphatic rings. The third-order valence-corrected chi connectivity index (χ3v) is 5.51. The molecule has 1 unspecified atom stereocenters. The first-order valence-electron chi connectivity index (χ1n) is 9.48. The van der Waals surface area contributed by atoms with Crippen molar-refractivity contribution in [2.45, 2.75) is 63.9 Å². The first-order valence-corrected chi connectivity index (χ1v) is 9.48. The van der Waals surface area contributed by atoms with Crippen molar-refractivity contribution in [3.8, 4) is 0 Å². The van der Waals surface area contributed by atoms with Crippen LogP contribution in [0.15, 0.2) is 24.3 Å². The third kappa shape index (κ3) is 4.96. The van der Waals surface area contributed by atoms with E-state index in [2.05, 4.69) is 5.32 Å². The van der Waals surface area contributed by atoms with Gasteiger partial charge in [0.25, 0.3) is 0 Å². The van der Waals surface area contributed by atoms with Crippen molar-refractivity contribution in [2.24, 2.45) is 5.92 Å². The molecule has 3 rings (SSSR count). The number of nitrogens with zero attached hydrogens (tertiary/aromatic N) is 1. The van der Waals surface area contributed by atoms with Gasteiger partial charge >= 0.3 is 6.18 Å². The maximum absolute atomic E-state index is 12.9. The number of halogens is 3. The molecule has 27 heavy (non-hydrogen) atoms. The first kappa shape index (κ1) is 20.0. The van der Waals surface area contributed by atoms with Crippen LogP contribution in [0.4, 0.5) is 18.9 Å². The van der Waals surface area contributed by atoms with E-state index < -0.39 is 18.8 Å². The van der Waals surface area contributed by atoms with E-state index in [4.69, 9.17) is 5.11 Å². The number of aromatic nitrogens is 1. The number of aliphatic hydroxyl groups excluding tert-OH is 2. The molecule has 0 amide bonds. The minimum Gasteiger partial charge on any atom is -0.394 e. The van der Waals surface area contributed by atoms with Crippen LogP contribution >= 0.6 is 0 Å². The predicted molar refractivity (Wildman–Crippen MR) is 99.8 cm³/mol. The molecule has 0 radical (unpaired) electrons. The molecule has 150 valence electrons. The van der Waals surface area contributed by atoms with Crippen LogP contribution in [-0.2, 0) is 6.54 Å². The zero-order valence-corrected chi connectivity index (χ0v) is 15.5. The molecule has 1 aromatic heterocycles. The van der Waals surface area contributed by atoms with Gasteiger partial charge in [0.1, 0.15) is 6.54 Å². The van der Waals surface area contributed by atoms with E-state index in [-0.39, 0.29) is 12.6 Å². The molecule has 4 nitrogen and oxygen atoms in total. The second kappa shape index (κ2) is 8.10. The molecule has 1 heterocycles. The second-order valence-corrected chi connectivity index (χ2v) is 7.66. The standard InChI is InChI=1S/C20H27F3N2O2/c1-13-9-17-18(3-2-4-19(17)25(13)12-20(21,22)23)24-15-7-5-14(6-8-15)10-16(27)11-26/h2-4,9,14-16,24,26-27H,5-8,10-12H2,1H3. The van der Waals surface area contributed by atoms with Crippen molar-refractivity contribution in [1.82, 2.24) is 4.57 Å². The molecular formula is C20H27F3N2O2. The Morgan fingerprint density at radius 2 is 1.93 bits per heavy atom. The van der Waals surface area contributed by atoms with Gasteiger partial charge in [0.15, 0.2) is 0 Å². The quantitative estimate of drug-likeness (QED) is 0.699. The van der Waals surface area contributed by atoms with Crippen molar-refractivity contribution in [3.05, 3.63) is 30.0 Å². The smallest absolute Gasteiger partial charge is 0.394 e. The number of anilines is 1. The van der Waals surface area contributed by atoms with E-state index >= 15 is 0 Å². The van der Waals surface area contributed by atoms with Crippen LogP contribution in [0.2, 0.25) is 0 Å². The zero-order valence-electron chi connectivity index (χ0n) is 15.5. The maximum Gasteiger partial charge on any atom is 0.406 e. The fraction of sp³-hybridized carbons (Fsp3) is 0.600. The van der Waals surface area contributed by atoms with Gasteiger partial charge in [-0.1, -0.05) is 6.07 Å². The lowest BCUT2D eigenvalue weighted by molar-refractivity contribution is -0.140. The zero-order chi connectivity index (χ0) is 19.6. The molecule has 1 fully saturated rings. The molecule has 3 N–H and O–H groups in total. The lowest BCUT2D eigenvalue weighted by atomic mass is 9.83. The van der Waals surface area contributed by atoms with E-state index in [0.29, 0.717) is 23.5 Å². The van der Waals surface area contributed by atoms with E-state index in [1.807, 2.05) is 12.1 Å². The summed E-state index contributed by atoms with van der Waals surface area (Å²) in [4.78, 5) is 0. The molecule has 2 aromatic rings. The normalized spacial score (nSPS) is 22.1. The monoisotopic (exact) mass is 384 g/mol. The Morgan fingerprint density at radius 3 is 2.56 bits per heavy atom. The van der Waals surface area contributed by atoms with Crippen molar-refractivity contribution in [2.75, 3.05) is 11.9 Å². The number of hydrogen-bond donors (Lipinski definition) is 3. The van der Waals surface area contributed by atoms with Gasteiger partial charge in [-0.15, -0.1) is 0 Å². The molecular weight excluding hydrogens is 357 g/mol. The topological polar surface area (TPSA) is 57.4 Å². The molecule has 0 bridgehead atoms. The largest absolute Gasteiger partial charge is 0.406 e. The van der Waals surface area contributed by atoms with Gasteiger partial charge in [-0.25, -0.2) is 0 Å². The third-order valence-electron chi connectivity index (χ3n) is 5.51. The SMILES string of the molecule is Cc1cc2c(NC3CCC(CC(O)CO)CC3)cccc2n1CC(F)(F)F. The highest BCUT2D eigenvalue weighted by Gasteiger charge is 2.29. The minimum absolute atomic E-state index is 0.200. The predicted octanol–water partition coefficient (Wildman–Crippen LogP) is 4.23. The van der Waals surface area contributed by atoms with E-state index in [9.17, 15) is 18.3 Å². The summed E-state index contributed by atoms with van der Waals surface area (Å²) in [6, 6.07) is 7.52. The number of hydrogen-bond acceptors (Lipinski definition) is 3. The van der Waals surface area contributed by atoms with Crippen molar-refractivity contribution in [1.29, 1.82) is 0 Å². The van der Waals surface area contributed by atoms with Gasteiger partial charge in [-0.05, 0) is 63.1 Å². The summed E-state index contributed by atoms with van der Waals surface area (Å²) in [6.45, 7) is 0.520. The fourth-order valence-electron chi connectivity index (χ4n) is 4.15. The Hall–Kier alpha value is -1.73. The number of benzene rings is 1. The Kier molecular flexibility index (Phi) is 6.01. The van der Waals surface area contributed by atoms with Crippen molar-refractivity contribution >= 4 is 16.6 Å². The fourth-order valence-corrected chi connectivity index (χ4v) is 4.15. The van der Waals surface area contributed by atoms with E-state index in [1.54, 1.807) is 19.1 Å². The molecule has 0 aliphatic heterocycles. The molecule has 1 aromatic carbocycles. The van der Waals surface area contributed by atoms with Crippen LogP contribution in [0.25, 0.3) is 10.9 Å². The van der Waals surface area contributed by atoms with Crippen molar-refractivity contribution in [3.63, 3.8) is 0 Å². The Bertz CT molecular complexity index is 764. The summed E-state index contributed by atoms with van der Waals surface area (Å²) in [6.07, 6.45) is -0.444. The highest BCUT2D eigenvalue weighted by atomic mass is 19.4. The highest BCUT2D eigenvalue weighted by Crippen LogP contribution is 2.33. The summed E-state index contributed by atoms with van der Waals surface area (Å²) in [7, 11) is 0. The van der Waals surface area contributed by atoms with E-state index in [0.717, 1.165) is 36.8 Å². The lowest BCUT2D eigenvalue weighted by Gasteiger charge is -2.30. The summed E-state index contributed by atoms with van der Waals surface area (Å²) in [5.74, 6) is 0.413. The van der Waals surface area contributed by atoms with Gasteiger partial charge in [0, 0.05) is 22.8 Å². The molecule has 7 heteroatoms. The molecule has 1 atom stereocenters. The second-order valence-electron chi connectivity index (χ2n) is 7.66. The molecule has 1 saturated carbocycles. The average molecular weight is 384 g/mol. The van der Waals surface area contributed by atoms with Gasteiger partial charge < -0.3 is 20.1 Å². The molecule has 1 aliphatic carbocycles. The lowest BCUT2D eigenvalue weighted by Crippen LogP contribution is -2.28. The van der Waals surface area contributed by atoms with Crippen LogP contribution in [0, 0.1) is 12.8 Å².